The van der Waals surface area contributed by atoms with Crippen LogP contribution in [0.5, 0.6) is 0 Å². The molecule has 5 heteroatoms. The first-order valence-electron chi connectivity index (χ1n) is 4.85. The third kappa shape index (κ3) is 2.69. The average molecular weight is 282 g/mol. The molecule has 0 bridgehead atoms. The van der Waals surface area contributed by atoms with E-state index in [-0.39, 0.29) is 0 Å². The Kier molecular flexibility index (Phi) is 3.71. The van der Waals surface area contributed by atoms with Crippen LogP contribution in [-0.4, -0.2) is 16.9 Å². The zero-order valence-electron chi connectivity index (χ0n) is 8.85. The minimum Gasteiger partial charge on any atom is -0.305 e. The van der Waals surface area contributed by atoms with Gasteiger partial charge in [0.15, 0.2) is 0 Å². The molecular weight excluding hydrogens is 270 g/mol. The van der Waals surface area contributed by atoms with Gasteiger partial charge in [-0.15, -0.1) is 0 Å². The van der Waals surface area contributed by atoms with Crippen molar-refractivity contribution in [3.63, 3.8) is 0 Å². The molecule has 0 aliphatic heterocycles. The summed E-state index contributed by atoms with van der Waals surface area (Å²) in [4.78, 5) is 4.79. The number of halogens is 1. The lowest BCUT2D eigenvalue weighted by atomic mass is 10.2. The predicted molar refractivity (Wildman–Crippen MR) is 65.1 cm³/mol. The van der Waals surface area contributed by atoms with Crippen molar-refractivity contribution in [3.05, 3.63) is 46.7 Å². The summed E-state index contributed by atoms with van der Waals surface area (Å²) in [5.41, 5.74) is 5.00. The number of nitrogens with zero attached hydrogens (tertiary/aromatic N) is 2. The van der Waals surface area contributed by atoms with Crippen LogP contribution < -0.4 is 5.48 Å². The second kappa shape index (κ2) is 5.25. The summed E-state index contributed by atoms with van der Waals surface area (Å²) in [6.07, 6.45) is 3.68. The topological polar surface area (TPSA) is 39.1 Å². The Morgan fingerprint density at radius 1 is 1.38 bits per heavy atom. The van der Waals surface area contributed by atoms with Gasteiger partial charge in [0.2, 0.25) is 0 Å². The summed E-state index contributed by atoms with van der Waals surface area (Å²) < 4.78 is 2.79. The lowest BCUT2D eigenvalue weighted by Crippen LogP contribution is -2.10. The fourth-order valence-electron chi connectivity index (χ4n) is 1.36. The second-order valence-electron chi connectivity index (χ2n) is 3.29. The molecule has 2 aromatic rings. The fourth-order valence-corrected chi connectivity index (χ4v) is 1.65. The van der Waals surface area contributed by atoms with E-state index < -0.39 is 0 Å². The van der Waals surface area contributed by atoms with Crippen molar-refractivity contribution in [1.29, 1.82) is 0 Å². The van der Waals surface area contributed by atoms with Crippen molar-refractivity contribution >= 4 is 15.9 Å². The molecule has 16 heavy (non-hydrogen) atoms. The third-order valence-electron chi connectivity index (χ3n) is 2.17. The van der Waals surface area contributed by atoms with Crippen LogP contribution in [-0.2, 0) is 11.4 Å². The number of rotatable bonds is 4. The summed E-state index contributed by atoms with van der Waals surface area (Å²) in [6.45, 7) is 0.694. The molecule has 1 N–H and O–H groups in total. The van der Waals surface area contributed by atoms with Crippen LogP contribution in [0, 0.1) is 0 Å². The van der Waals surface area contributed by atoms with Gasteiger partial charge >= 0.3 is 0 Å². The Morgan fingerprint density at radius 2 is 2.12 bits per heavy atom. The largest absolute Gasteiger partial charge is 0.305 e. The molecule has 84 valence electrons. The summed E-state index contributed by atoms with van der Waals surface area (Å²) in [5, 5.41) is 4.21. The van der Waals surface area contributed by atoms with Crippen molar-refractivity contribution in [3.8, 4) is 5.69 Å². The molecule has 1 aromatic heterocycles. The monoisotopic (exact) mass is 281 g/mol. The lowest BCUT2D eigenvalue weighted by molar-refractivity contribution is 0.0867. The van der Waals surface area contributed by atoms with Crippen molar-refractivity contribution in [2.24, 2.45) is 0 Å². The van der Waals surface area contributed by atoms with Crippen LogP contribution in [0.15, 0.2) is 41.1 Å². The molecule has 0 saturated heterocycles. The van der Waals surface area contributed by atoms with Crippen LogP contribution in [0.25, 0.3) is 5.69 Å². The van der Waals surface area contributed by atoms with Crippen LogP contribution >= 0.6 is 15.9 Å². The second-order valence-corrected chi connectivity index (χ2v) is 4.21. The minimum atomic E-state index is 0.694. The first-order valence-corrected chi connectivity index (χ1v) is 5.64. The zero-order valence-corrected chi connectivity index (χ0v) is 10.4. The molecule has 4 nitrogen and oxygen atoms in total. The Labute approximate surface area is 102 Å². The van der Waals surface area contributed by atoms with E-state index in [2.05, 4.69) is 26.5 Å². The van der Waals surface area contributed by atoms with Crippen molar-refractivity contribution < 1.29 is 4.84 Å². The van der Waals surface area contributed by atoms with E-state index in [4.69, 9.17) is 4.84 Å². The molecule has 0 atom stereocenters. The lowest BCUT2D eigenvalue weighted by Gasteiger charge is -2.04. The minimum absolute atomic E-state index is 0.694. The van der Waals surface area contributed by atoms with Gasteiger partial charge in [-0.2, -0.15) is 10.6 Å². The van der Waals surface area contributed by atoms with E-state index in [1.54, 1.807) is 13.3 Å². The van der Waals surface area contributed by atoms with Crippen molar-refractivity contribution in [2.45, 2.75) is 6.54 Å². The first kappa shape index (κ1) is 11.3. The number of hydrogen-bond donors (Lipinski definition) is 1. The summed E-state index contributed by atoms with van der Waals surface area (Å²) in [7, 11) is 1.61. The summed E-state index contributed by atoms with van der Waals surface area (Å²) >= 11 is 3.37. The number of benzene rings is 1. The van der Waals surface area contributed by atoms with Gasteiger partial charge in [-0.25, -0.2) is 4.68 Å². The highest BCUT2D eigenvalue weighted by Crippen LogP contribution is 2.13. The first-order chi connectivity index (χ1) is 7.79. The SMILES string of the molecule is CONCc1ccc(-n2cc(Br)cn2)cc1. The van der Waals surface area contributed by atoms with E-state index in [1.165, 1.54) is 0 Å². The highest BCUT2D eigenvalue weighted by atomic mass is 79.9. The smallest absolute Gasteiger partial charge is 0.0646 e. The molecule has 0 saturated carbocycles. The number of nitrogens with one attached hydrogen (secondary N) is 1. The van der Waals surface area contributed by atoms with Crippen LogP contribution in [0.2, 0.25) is 0 Å². The van der Waals surface area contributed by atoms with Crippen LogP contribution in [0.4, 0.5) is 0 Å². The molecular formula is C11H12BrN3O. The van der Waals surface area contributed by atoms with Crippen LogP contribution in [0.3, 0.4) is 0 Å². The normalized spacial score (nSPS) is 10.6. The number of hydroxylamine groups is 1. The molecule has 0 spiro atoms. The average Bonchev–Trinajstić information content (AvgIpc) is 2.74. The number of aromatic nitrogens is 2. The Morgan fingerprint density at radius 3 is 2.69 bits per heavy atom. The Bertz CT molecular complexity index is 453. The van der Waals surface area contributed by atoms with Crippen molar-refractivity contribution in [1.82, 2.24) is 15.3 Å². The molecule has 2 rings (SSSR count). The predicted octanol–water partition coefficient (Wildman–Crippen LogP) is 2.29. The Hall–Kier alpha value is -1.17. The van der Waals surface area contributed by atoms with E-state index in [0.717, 1.165) is 15.7 Å². The Balaban J connectivity index is 2.13. The molecule has 0 fully saturated rings. The van der Waals surface area contributed by atoms with Crippen molar-refractivity contribution in [2.75, 3.05) is 7.11 Å². The van der Waals surface area contributed by atoms with Gasteiger partial charge in [-0.3, -0.25) is 0 Å². The quantitative estimate of drug-likeness (QED) is 0.874. The maximum Gasteiger partial charge on any atom is 0.0646 e. The van der Waals surface area contributed by atoms with E-state index in [0.29, 0.717) is 6.54 Å². The molecule has 0 aliphatic rings. The van der Waals surface area contributed by atoms with E-state index in [1.807, 2.05) is 35.1 Å². The molecule has 0 radical (unpaired) electrons. The molecule has 0 amide bonds. The highest BCUT2D eigenvalue weighted by Gasteiger charge is 1.99. The number of hydrogen-bond acceptors (Lipinski definition) is 3. The summed E-state index contributed by atoms with van der Waals surface area (Å²) in [6, 6.07) is 8.12. The summed E-state index contributed by atoms with van der Waals surface area (Å²) in [5.74, 6) is 0. The highest BCUT2D eigenvalue weighted by molar-refractivity contribution is 9.10. The standard InChI is InChI=1S/C11H12BrN3O/c1-16-14-6-9-2-4-11(5-3-9)15-8-10(12)7-13-15/h2-5,7-8,14H,6H2,1H3. The van der Waals surface area contributed by atoms with Gasteiger partial charge < -0.3 is 4.84 Å². The molecule has 0 unspecified atom stereocenters. The maximum atomic E-state index is 4.79. The van der Waals surface area contributed by atoms with Crippen LogP contribution in [0.1, 0.15) is 5.56 Å². The third-order valence-corrected chi connectivity index (χ3v) is 2.58. The molecule has 1 heterocycles. The van der Waals surface area contributed by atoms with Gasteiger partial charge in [0.05, 0.1) is 23.5 Å². The van der Waals surface area contributed by atoms with Gasteiger partial charge in [-0.05, 0) is 33.6 Å². The van der Waals surface area contributed by atoms with E-state index in [9.17, 15) is 0 Å². The molecule has 1 aromatic carbocycles. The molecule has 0 aliphatic carbocycles. The zero-order chi connectivity index (χ0) is 11.4. The van der Waals surface area contributed by atoms with Gasteiger partial charge in [0.1, 0.15) is 0 Å². The maximum absolute atomic E-state index is 4.79. The fraction of sp³-hybridized carbons (Fsp3) is 0.182. The van der Waals surface area contributed by atoms with Gasteiger partial charge in [-0.1, -0.05) is 12.1 Å². The van der Waals surface area contributed by atoms with E-state index >= 15 is 0 Å². The van der Waals surface area contributed by atoms with Gasteiger partial charge in [0.25, 0.3) is 0 Å². The van der Waals surface area contributed by atoms with Gasteiger partial charge in [0, 0.05) is 12.7 Å².